The summed E-state index contributed by atoms with van der Waals surface area (Å²) < 4.78 is 38.1. The highest BCUT2D eigenvalue weighted by Gasteiger charge is 2.33. The van der Waals surface area contributed by atoms with Gasteiger partial charge in [-0.2, -0.15) is 18.3 Å². The standard InChI is InChI=1S/C15H16F3N5O/c1-9-4-11(15(16,17)18)5-19-13(9)23-3-2-10(8-23)14(24)22-12-6-20-21-7-12/h4-7,10H,2-3,8H2,1H3,(H,20,21)(H,22,24). The number of hydrogen-bond acceptors (Lipinski definition) is 4. The fourth-order valence-corrected chi connectivity index (χ4v) is 2.78. The van der Waals surface area contributed by atoms with Gasteiger partial charge in [-0.3, -0.25) is 9.89 Å². The lowest BCUT2D eigenvalue weighted by Crippen LogP contribution is -2.27. The minimum absolute atomic E-state index is 0.136. The molecule has 1 saturated heterocycles. The van der Waals surface area contributed by atoms with Gasteiger partial charge < -0.3 is 10.2 Å². The molecule has 0 aliphatic carbocycles. The van der Waals surface area contributed by atoms with Gasteiger partial charge in [-0.15, -0.1) is 0 Å². The molecule has 9 heteroatoms. The van der Waals surface area contributed by atoms with Crippen molar-refractivity contribution in [2.75, 3.05) is 23.3 Å². The molecule has 24 heavy (non-hydrogen) atoms. The number of amides is 1. The van der Waals surface area contributed by atoms with Crippen LogP contribution in [-0.4, -0.2) is 34.2 Å². The van der Waals surface area contributed by atoms with Gasteiger partial charge in [0, 0.05) is 25.5 Å². The summed E-state index contributed by atoms with van der Waals surface area (Å²) in [6.07, 6.45) is 0.125. The van der Waals surface area contributed by atoms with Crippen molar-refractivity contribution < 1.29 is 18.0 Å². The average molecular weight is 339 g/mol. The van der Waals surface area contributed by atoms with Crippen LogP contribution in [-0.2, 0) is 11.0 Å². The SMILES string of the molecule is Cc1cc(C(F)(F)F)cnc1N1CCC(C(=O)Nc2cn[nH]c2)C1. The summed E-state index contributed by atoms with van der Waals surface area (Å²) in [4.78, 5) is 18.0. The maximum atomic E-state index is 12.7. The number of H-pyrrole nitrogens is 1. The van der Waals surface area contributed by atoms with Crippen molar-refractivity contribution in [3.8, 4) is 0 Å². The van der Waals surface area contributed by atoms with E-state index in [0.717, 1.165) is 12.3 Å². The van der Waals surface area contributed by atoms with E-state index < -0.39 is 11.7 Å². The van der Waals surface area contributed by atoms with Crippen molar-refractivity contribution in [2.24, 2.45) is 5.92 Å². The number of pyridine rings is 1. The van der Waals surface area contributed by atoms with Gasteiger partial charge in [0.1, 0.15) is 5.82 Å². The maximum Gasteiger partial charge on any atom is 0.417 e. The van der Waals surface area contributed by atoms with Crippen LogP contribution in [0, 0.1) is 12.8 Å². The molecule has 0 aromatic carbocycles. The summed E-state index contributed by atoms with van der Waals surface area (Å²) in [6, 6.07) is 1.08. The van der Waals surface area contributed by atoms with E-state index in [1.807, 2.05) is 4.90 Å². The first-order valence-electron chi connectivity index (χ1n) is 7.43. The van der Waals surface area contributed by atoms with Gasteiger partial charge in [0.15, 0.2) is 0 Å². The Morgan fingerprint density at radius 3 is 2.83 bits per heavy atom. The summed E-state index contributed by atoms with van der Waals surface area (Å²) in [5, 5.41) is 9.11. The molecule has 1 aliphatic heterocycles. The second-order valence-electron chi connectivity index (χ2n) is 5.77. The number of aryl methyl sites for hydroxylation is 1. The van der Waals surface area contributed by atoms with Crippen LogP contribution in [0.2, 0.25) is 0 Å². The molecule has 0 saturated carbocycles. The Morgan fingerprint density at radius 1 is 1.42 bits per heavy atom. The number of hydrogen-bond donors (Lipinski definition) is 2. The lowest BCUT2D eigenvalue weighted by Gasteiger charge is -2.20. The molecule has 128 valence electrons. The first-order chi connectivity index (χ1) is 11.3. The van der Waals surface area contributed by atoms with E-state index in [1.165, 1.54) is 6.20 Å². The van der Waals surface area contributed by atoms with Crippen LogP contribution in [0.4, 0.5) is 24.7 Å². The van der Waals surface area contributed by atoms with E-state index in [4.69, 9.17) is 0 Å². The normalized spacial score (nSPS) is 18.0. The van der Waals surface area contributed by atoms with E-state index >= 15 is 0 Å². The van der Waals surface area contributed by atoms with Crippen LogP contribution < -0.4 is 10.2 Å². The zero-order valence-electron chi connectivity index (χ0n) is 12.9. The van der Waals surface area contributed by atoms with Gasteiger partial charge in [0.25, 0.3) is 0 Å². The number of alkyl halides is 3. The van der Waals surface area contributed by atoms with Gasteiger partial charge in [-0.1, -0.05) is 0 Å². The van der Waals surface area contributed by atoms with Crippen LogP contribution in [0.15, 0.2) is 24.7 Å². The Bertz CT molecular complexity index is 729. The Hall–Kier alpha value is -2.58. The first-order valence-corrected chi connectivity index (χ1v) is 7.43. The van der Waals surface area contributed by atoms with Crippen LogP contribution in [0.1, 0.15) is 17.5 Å². The van der Waals surface area contributed by atoms with E-state index in [0.29, 0.717) is 36.6 Å². The van der Waals surface area contributed by atoms with Gasteiger partial charge in [0.2, 0.25) is 5.91 Å². The van der Waals surface area contributed by atoms with Crippen LogP contribution in [0.25, 0.3) is 0 Å². The molecule has 1 fully saturated rings. The number of aromatic amines is 1. The fourth-order valence-electron chi connectivity index (χ4n) is 2.78. The number of rotatable bonds is 3. The number of nitrogens with zero attached hydrogens (tertiary/aromatic N) is 3. The minimum atomic E-state index is -4.41. The molecule has 0 spiro atoms. The molecular weight excluding hydrogens is 323 g/mol. The Morgan fingerprint density at radius 2 is 2.21 bits per heavy atom. The largest absolute Gasteiger partial charge is 0.417 e. The maximum absolute atomic E-state index is 12.7. The number of aromatic nitrogens is 3. The van der Waals surface area contributed by atoms with Crippen molar-refractivity contribution in [2.45, 2.75) is 19.5 Å². The zero-order chi connectivity index (χ0) is 17.3. The smallest absolute Gasteiger partial charge is 0.356 e. The average Bonchev–Trinajstić information content (AvgIpc) is 3.17. The van der Waals surface area contributed by atoms with Gasteiger partial charge in [0.05, 0.1) is 23.4 Å². The molecule has 1 aliphatic rings. The van der Waals surface area contributed by atoms with Crippen molar-refractivity contribution >= 4 is 17.4 Å². The zero-order valence-corrected chi connectivity index (χ0v) is 12.9. The van der Waals surface area contributed by atoms with Crippen LogP contribution in [0.5, 0.6) is 0 Å². The third kappa shape index (κ3) is 3.34. The molecule has 0 bridgehead atoms. The first kappa shape index (κ1) is 16.3. The minimum Gasteiger partial charge on any atom is -0.356 e. The molecular formula is C15H16F3N5O. The van der Waals surface area contributed by atoms with Crippen LogP contribution >= 0.6 is 0 Å². The molecule has 3 rings (SSSR count). The highest BCUT2D eigenvalue weighted by atomic mass is 19.4. The third-order valence-electron chi connectivity index (χ3n) is 4.00. The quantitative estimate of drug-likeness (QED) is 0.901. The predicted molar refractivity (Wildman–Crippen MR) is 81.5 cm³/mol. The Balaban J connectivity index is 1.68. The summed E-state index contributed by atoms with van der Waals surface area (Å²) in [7, 11) is 0. The Labute approximate surface area is 136 Å². The number of halogens is 3. The van der Waals surface area contributed by atoms with Gasteiger partial charge in [-0.25, -0.2) is 4.98 Å². The van der Waals surface area contributed by atoms with Crippen LogP contribution in [0.3, 0.4) is 0 Å². The second-order valence-corrected chi connectivity index (χ2v) is 5.77. The molecule has 2 N–H and O–H groups in total. The molecule has 1 unspecified atom stereocenters. The van der Waals surface area contributed by atoms with E-state index in [2.05, 4.69) is 20.5 Å². The molecule has 1 amide bonds. The van der Waals surface area contributed by atoms with Crippen molar-refractivity contribution in [3.05, 3.63) is 35.8 Å². The molecule has 6 nitrogen and oxygen atoms in total. The number of carbonyl (C=O) groups is 1. The summed E-state index contributed by atoms with van der Waals surface area (Å²) in [5.41, 5.74) is 0.264. The topological polar surface area (TPSA) is 73.9 Å². The lowest BCUT2D eigenvalue weighted by molar-refractivity contribution is -0.137. The fraction of sp³-hybridized carbons (Fsp3) is 0.400. The Kier molecular flexibility index (Phi) is 4.16. The molecule has 0 radical (unpaired) electrons. The summed E-state index contributed by atoms with van der Waals surface area (Å²) in [6.45, 7) is 2.59. The molecule has 2 aromatic heterocycles. The monoisotopic (exact) mass is 339 g/mol. The van der Waals surface area contributed by atoms with E-state index in [1.54, 1.807) is 13.1 Å². The van der Waals surface area contributed by atoms with Gasteiger partial charge in [-0.05, 0) is 25.0 Å². The van der Waals surface area contributed by atoms with E-state index in [9.17, 15) is 18.0 Å². The summed E-state index contributed by atoms with van der Waals surface area (Å²) >= 11 is 0. The highest BCUT2D eigenvalue weighted by Crippen LogP contribution is 2.32. The van der Waals surface area contributed by atoms with Gasteiger partial charge >= 0.3 is 6.18 Å². The molecule has 2 aromatic rings. The number of anilines is 2. The van der Waals surface area contributed by atoms with E-state index in [-0.39, 0.29) is 11.8 Å². The van der Waals surface area contributed by atoms with Crippen molar-refractivity contribution in [3.63, 3.8) is 0 Å². The highest BCUT2D eigenvalue weighted by molar-refractivity contribution is 5.93. The predicted octanol–water partition coefficient (Wildman–Crippen LogP) is 2.60. The molecule has 3 heterocycles. The lowest BCUT2D eigenvalue weighted by atomic mass is 10.1. The summed E-state index contributed by atoms with van der Waals surface area (Å²) in [5.74, 6) is 0.105. The van der Waals surface area contributed by atoms with Crippen molar-refractivity contribution in [1.82, 2.24) is 15.2 Å². The number of nitrogens with one attached hydrogen (secondary N) is 2. The molecule has 1 atom stereocenters. The number of carbonyl (C=O) groups excluding carboxylic acids is 1. The second kappa shape index (κ2) is 6.14. The third-order valence-corrected chi connectivity index (χ3v) is 4.00. The van der Waals surface area contributed by atoms with Crippen molar-refractivity contribution in [1.29, 1.82) is 0 Å².